The molecule has 1 aromatic rings. The van der Waals surface area contributed by atoms with E-state index in [0.717, 1.165) is 31.4 Å². The van der Waals surface area contributed by atoms with E-state index < -0.39 is 5.60 Å². The number of likely N-dealkylation sites (N-methyl/N-ethyl adjacent to an activating group) is 1. The number of carbonyl (C=O) groups is 2. The second-order valence-corrected chi connectivity index (χ2v) is 6.04. The van der Waals surface area contributed by atoms with E-state index in [0.29, 0.717) is 24.1 Å². The van der Waals surface area contributed by atoms with Crippen LogP contribution in [0.5, 0.6) is 0 Å². The first-order valence-electron chi connectivity index (χ1n) is 7.42. The lowest BCUT2D eigenvalue weighted by Crippen LogP contribution is -2.40. The van der Waals surface area contributed by atoms with Crippen molar-refractivity contribution in [1.82, 2.24) is 4.90 Å². The fraction of sp³-hybridized carbons (Fsp3) is 0.500. The van der Waals surface area contributed by atoms with E-state index in [-0.39, 0.29) is 11.8 Å². The number of anilines is 1. The van der Waals surface area contributed by atoms with Crippen molar-refractivity contribution in [1.29, 1.82) is 0 Å². The molecule has 0 aromatic heterocycles. The number of nitrogens with one attached hydrogen (secondary N) is 1. The molecule has 5 heteroatoms. The third-order valence-corrected chi connectivity index (χ3v) is 4.51. The first kappa shape index (κ1) is 14.1. The molecule has 0 saturated heterocycles. The molecule has 112 valence electrons. The zero-order valence-electron chi connectivity index (χ0n) is 12.2. The van der Waals surface area contributed by atoms with Crippen LogP contribution in [0.4, 0.5) is 5.69 Å². The third-order valence-electron chi connectivity index (χ3n) is 4.51. The van der Waals surface area contributed by atoms with Crippen LogP contribution >= 0.6 is 0 Å². The molecule has 0 atom stereocenters. The standard InChI is InChI=1S/C16H20N2O3/c1-18-9-6-11-4-5-12(10-13(11)14(18)19)17-15(20)16(21)7-2-3-8-16/h4-5,10,21H,2-3,6-9H2,1H3,(H,17,20). The molecule has 1 aromatic carbocycles. The van der Waals surface area contributed by atoms with Gasteiger partial charge >= 0.3 is 0 Å². The molecule has 1 heterocycles. The van der Waals surface area contributed by atoms with Gasteiger partial charge in [-0.15, -0.1) is 0 Å². The van der Waals surface area contributed by atoms with Gasteiger partial charge < -0.3 is 15.3 Å². The fourth-order valence-electron chi connectivity index (χ4n) is 3.10. The molecule has 0 bridgehead atoms. The highest BCUT2D eigenvalue weighted by Crippen LogP contribution is 2.31. The summed E-state index contributed by atoms with van der Waals surface area (Å²) in [6.07, 6.45) is 3.58. The van der Waals surface area contributed by atoms with Crippen LogP contribution in [0.15, 0.2) is 18.2 Å². The van der Waals surface area contributed by atoms with Gasteiger partial charge in [-0.25, -0.2) is 0 Å². The maximum Gasteiger partial charge on any atom is 0.256 e. The second kappa shape index (κ2) is 5.15. The molecule has 1 aliphatic carbocycles. The molecule has 1 fully saturated rings. The zero-order chi connectivity index (χ0) is 15.0. The molecule has 2 amide bonds. The van der Waals surface area contributed by atoms with Crippen LogP contribution in [0.1, 0.15) is 41.6 Å². The molecule has 0 spiro atoms. The zero-order valence-corrected chi connectivity index (χ0v) is 12.2. The maximum atomic E-state index is 12.2. The van der Waals surface area contributed by atoms with Gasteiger partial charge in [0.15, 0.2) is 0 Å². The predicted octanol–water partition coefficient (Wildman–Crippen LogP) is 1.56. The SMILES string of the molecule is CN1CCc2ccc(NC(=O)C3(O)CCCC3)cc2C1=O. The van der Waals surface area contributed by atoms with Gasteiger partial charge in [-0.05, 0) is 49.8 Å². The minimum absolute atomic E-state index is 0.0214. The highest BCUT2D eigenvalue weighted by molar-refractivity contribution is 6.01. The van der Waals surface area contributed by atoms with Gasteiger partial charge in [-0.1, -0.05) is 6.07 Å². The quantitative estimate of drug-likeness (QED) is 0.867. The smallest absolute Gasteiger partial charge is 0.256 e. The van der Waals surface area contributed by atoms with Crippen LogP contribution in [0.25, 0.3) is 0 Å². The van der Waals surface area contributed by atoms with Gasteiger partial charge in [-0.2, -0.15) is 0 Å². The molecule has 0 unspecified atom stereocenters. The molecule has 5 nitrogen and oxygen atoms in total. The van der Waals surface area contributed by atoms with Gasteiger partial charge in [0, 0.05) is 24.8 Å². The van der Waals surface area contributed by atoms with Crippen molar-refractivity contribution in [2.45, 2.75) is 37.7 Å². The summed E-state index contributed by atoms with van der Waals surface area (Å²) in [4.78, 5) is 26.0. The van der Waals surface area contributed by atoms with Gasteiger partial charge in [0.1, 0.15) is 5.60 Å². The van der Waals surface area contributed by atoms with Crippen LogP contribution in [0.3, 0.4) is 0 Å². The lowest BCUT2D eigenvalue weighted by Gasteiger charge is -2.26. The van der Waals surface area contributed by atoms with Crippen LogP contribution in [0.2, 0.25) is 0 Å². The van der Waals surface area contributed by atoms with E-state index in [1.807, 2.05) is 6.07 Å². The Labute approximate surface area is 123 Å². The number of hydrogen-bond acceptors (Lipinski definition) is 3. The summed E-state index contributed by atoms with van der Waals surface area (Å²) in [7, 11) is 1.78. The van der Waals surface area contributed by atoms with Crippen molar-refractivity contribution in [2.75, 3.05) is 18.9 Å². The summed E-state index contributed by atoms with van der Waals surface area (Å²) in [6, 6.07) is 5.39. The lowest BCUT2D eigenvalue weighted by molar-refractivity contribution is -0.133. The molecular formula is C16H20N2O3. The Hall–Kier alpha value is -1.88. The summed E-state index contributed by atoms with van der Waals surface area (Å²) in [6.45, 7) is 0.720. The highest BCUT2D eigenvalue weighted by atomic mass is 16.3. The lowest BCUT2D eigenvalue weighted by atomic mass is 9.98. The van der Waals surface area contributed by atoms with Crippen molar-refractivity contribution < 1.29 is 14.7 Å². The van der Waals surface area contributed by atoms with Crippen LogP contribution in [-0.2, 0) is 11.2 Å². The molecule has 2 aliphatic rings. The van der Waals surface area contributed by atoms with Crippen LogP contribution in [-0.4, -0.2) is 41.0 Å². The monoisotopic (exact) mass is 288 g/mol. The van der Waals surface area contributed by atoms with Gasteiger partial charge in [0.2, 0.25) is 0 Å². The van der Waals surface area contributed by atoms with Crippen molar-refractivity contribution in [3.05, 3.63) is 29.3 Å². The Morgan fingerprint density at radius 2 is 2.05 bits per heavy atom. The summed E-state index contributed by atoms with van der Waals surface area (Å²) in [5.41, 5.74) is 0.967. The number of rotatable bonds is 2. The summed E-state index contributed by atoms with van der Waals surface area (Å²) >= 11 is 0. The van der Waals surface area contributed by atoms with E-state index in [9.17, 15) is 14.7 Å². The van der Waals surface area contributed by atoms with E-state index in [2.05, 4.69) is 5.32 Å². The van der Waals surface area contributed by atoms with Crippen LogP contribution in [0, 0.1) is 0 Å². The van der Waals surface area contributed by atoms with Crippen LogP contribution < -0.4 is 5.32 Å². The minimum atomic E-state index is -1.25. The average Bonchev–Trinajstić information content (AvgIpc) is 2.92. The predicted molar refractivity (Wildman–Crippen MR) is 79.2 cm³/mol. The summed E-state index contributed by atoms with van der Waals surface area (Å²) in [5, 5.41) is 13.0. The Morgan fingerprint density at radius 3 is 2.76 bits per heavy atom. The molecule has 1 aliphatic heterocycles. The number of fused-ring (bicyclic) bond motifs is 1. The van der Waals surface area contributed by atoms with E-state index in [1.54, 1.807) is 24.1 Å². The summed E-state index contributed by atoms with van der Waals surface area (Å²) in [5.74, 6) is -0.386. The molecule has 0 radical (unpaired) electrons. The number of carbonyl (C=O) groups excluding carboxylic acids is 2. The van der Waals surface area contributed by atoms with Gasteiger partial charge in [0.25, 0.3) is 11.8 Å². The number of amides is 2. The Bertz CT molecular complexity index is 591. The first-order valence-corrected chi connectivity index (χ1v) is 7.42. The normalized spacial score (nSPS) is 20.3. The van der Waals surface area contributed by atoms with E-state index in [4.69, 9.17) is 0 Å². The van der Waals surface area contributed by atoms with Gasteiger partial charge in [0.05, 0.1) is 0 Å². The van der Waals surface area contributed by atoms with E-state index in [1.165, 1.54) is 0 Å². The number of aliphatic hydroxyl groups is 1. The molecule has 3 rings (SSSR count). The third kappa shape index (κ3) is 2.53. The topological polar surface area (TPSA) is 69.6 Å². The molecule has 21 heavy (non-hydrogen) atoms. The number of benzene rings is 1. The maximum absolute atomic E-state index is 12.2. The van der Waals surface area contributed by atoms with Gasteiger partial charge in [-0.3, -0.25) is 9.59 Å². The van der Waals surface area contributed by atoms with E-state index >= 15 is 0 Å². The largest absolute Gasteiger partial charge is 0.380 e. The number of hydrogen-bond donors (Lipinski definition) is 2. The molecule has 2 N–H and O–H groups in total. The Morgan fingerprint density at radius 1 is 1.33 bits per heavy atom. The Balaban J connectivity index is 1.81. The molecular weight excluding hydrogens is 268 g/mol. The first-order chi connectivity index (χ1) is 9.99. The fourth-order valence-corrected chi connectivity index (χ4v) is 3.10. The molecule has 1 saturated carbocycles. The minimum Gasteiger partial charge on any atom is -0.380 e. The highest BCUT2D eigenvalue weighted by Gasteiger charge is 2.38. The van der Waals surface area contributed by atoms with Crippen molar-refractivity contribution in [2.24, 2.45) is 0 Å². The number of nitrogens with zero attached hydrogens (tertiary/aromatic N) is 1. The Kier molecular flexibility index (Phi) is 3.45. The second-order valence-electron chi connectivity index (χ2n) is 6.04. The van der Waals surface area contributed by atoms with Crippen molar-refractivity contribution >= 4 is 17.5 Å². The van der Waals surface area contributed by atoms with Crippen molar-refractivity contribution in [3.63, 3.8) is 0 Å². The average molecular weight is 288 g/mol. The van der Waals surface area contributed by atoms with Crippen molar-refractivity contribution in [3.8, 4) is 0 Å². The summed E-state index contributed by atoms with van der Waals surface area (Å²) < 4.78 is 0.